The van der Waals surface area contributed by atoms with E-state index in [9.17, 15) is 14.4 Å². The molecule has 220 valence electrons. The lowest BCUT2D eigenvalue weighted by Gasteiger charge is -2.24. The van der Waals surface area contributed by atoms with Crippen molar-refractivity contribution in [3.05, 3.63) is 92.3 Å². The molecule has 6 rings (SSSR count). The first-order valence-corrected chi connectivity index (χ1v) is 15.2. The van der Waals surface area contributed by atoms with E-state index in [0.717, 1.165) is 44.5 Å². The molecule has 1 unspecified atom stereocenters. The number of hydrogen-bond acceptors (Lipinski definition) is 8. The molecule has 2 aromatic heterocycles. The largest absolute Gasteiger partial charge is 0.373 e. The first-order valence-electron chi connectivity index (χ1n) is 14.0. The number of aromatic nitrogens is 3. The number of amides is 3. The Morgan fingerprint density at radius 3 is 2.63 bits per heavy atom. The third kappa shape index (κ3) is 5.70. The van der Waals surface area contributed by atoms with Gasteiger partial charge < -0.3 is 10.6 Å². The predicted molar refractivity (Wildman–Crippen MR) is 166 cm³/mol. The zero-order valence-corrected chi connectivity index (χ0v) is 25.5. The molecule has 3 amide bonds. The van der Waals surface area contributed by atoms with E-state index in [4.69, 9.17) is 16.6 Å². The Labute approximate surface area is 257 Å². The lowest BCUT2D eigenvalue weighted by Crippen LogP contribution is -2.47. The van der Waals surface area contributed by atoms with Crippen LogP contribution in [0.1, 0.15) is 64.1 Å². The number of piperidine rings is 1. The van der Waals surface area contributed by atoms with Crippen LogP contribution in [0.25, 0.3) is 5.00 Å². The van der Waals surface area contributed by atoms with Crippen molar-refractivity contribution < 1.29 is 14.4 Å². The van der Waals surface area contributed by atoms with Crippen LogP contribution in [0.4, 0.5) is 5.69 Å². The maximum atomic E-state index is 13.4. The van der Waals surface area contributed by atoms with Crippen LogP contribution < -0.4 is 16.0 Å². The zero-order chi connectivity index (χ0) is 30.2. The average molecular weight is 616 g/mol. The SMILES string of the molecule is Cc1sc2c(c1C)C(c1ccc(Cl)cc1)=N[C@@H](CC(=O)NCc1ccccc1NC1CCC(=O)NC1=O)c1nnc(C)n1-2. The average Bonchev–Trinajstić information content (AvgIpc) is 3.46. The Hall–Kier alpha value is -4.35. The molecule has 4 heterocycles. The van der Waals surface area contributed by atoms with Crippen molar-refractivity contribution in [2.24, 2.45) is 4.99 Å². The summed E-state index contributed by atoms with van der Waals surface area (Å²) in [5, 5.41) is 19.1. The number of anilines is 1. The molecule has 3 N–H and O–H groups in total. The number of aryl methyl sites for hydroxylation is 2. The third-order valence-electron chi connectivity index (χ3n) is 7.80. The highest BCUT2D eigenvalue weighted by Gasteiger charge is 2.32. The van der Waals surface area contributed by atoms with E-state index in [2.05, 4.69) is 40.0 Å². The van der Waals surface area contributed by atoms with Gasteiger partial charge >= 0.3 is 0 Å². The van der Waals surface area contributed by atoms with Crippen molar-refractivity contribution in [1.82, 2.24) is 25.4 Å². The minimum Gasteiger partial charge on any atom is -0.373 e. The highest BCUT2D eigenvalue weighted by Crippen LogP contribution is 2.39. The smallest absolute Gasteiger partial charge is 0.249 e. The summed E-state index contributed by atoms with van der Waals surface area (Å²) in [7, 11) is 0. The highest BCUT2D eigenvalue weighted by molar-refractivity contribution is 7.15. The highest BCUT2D eigenvalue weighted by atomic mass is 35.5. The molecule has 1 saturated heterocycles. The molecular formula is C31H30ClN7O3S. The first-order chi connectivity index (χ1) is 20.7. The van der Waals surface area contributed by atoms with Crippen LogP contribution >= 0.6 is 22.9 Å². The van der Waals surface area contributed by atoms with E-state index in [-0.39, 0.29) is 37.1 Å². The van der Waals surface area contributed by atoms with Crippen molar-refractivity contribution in [3.8, 4) is 5.00 Å². The minimum absolute atomic E-state index is 0.0604. The summed E-state index contributed by atoms with van der Waals surface area (Å²) in [6, 6.07) is 13.9. The van der Waals surface area contributed by atoms with Gasteiger partial charge in [0.15, 0.2) is 5.82 Å². The number of carbonyl (C=O) groups excluding carboxylic acids is 3. The van der Waals surface area contributed by atoms with Gasteiger partial charge in [0.25, 0.3) is 0 Å². The van der Waals surface area contributed by atoms with Crippen LogP contribution in [0.15, 0.2) is 53.5 Å². The lowest BCUT2D eigenvalue weighted by atomic mass is 9.99. The molecule has 0 radical (unpaired) electrons. The molecule has 0 aliphatic carbocycles. The molecule has 2 aliphatic heterocycles. The number of nitrogens with one attached hydrogen (secondary N) is 3. The number of aliphatic imine (C=N–C) groups is 1. The first kappa shape index (κ1) is 28.8. The second-order valence-corrected chi connectivity index (χ2v) is 12.3. The number of thiophene rings is 1. The van der Waals surface area contributed by atoms with Crippen molar-refractivity contribution in [1.29, 1.82) is 0 Å². The molecule has 2 aromatic carbocycles. The summed E-state index contributed by atoms with van der Waals surface area (Å²) < 4.78 is 2.02. The Kier molecular flexibility index (Phi) is 7.85. The Balaban J connectivity index is 1.27. The zero-order valence-electron chi connectivity index (χ0n) is 23.9. The lowest BCUT2D eigenvalue weighted by molar-refractivity contribution is -0.133. The summed E-state index contributed by atoms with van der Waals surface area (Å²) in [4.78, 5) is 43.6. The van der Waals surface area contributed by atoms with Gasteiger partial charge in [-0.15, -0.1) is 21.5 Å². The van der Waals surface area contributed by atoms with E-state index in [1.165, 1.54) is 4.88 Å². The number of halogens is 1. The van der Waals surface area contributed by atoms with Gasteiger partial charge in [-0.25, -0.2) is 0 Å². The number of hydrogen-bond donors (Lipinski definition) is 3. The summed E-state index contributed by atoms with van der Waals surface area (Å²) in [5.41, 5.74) is 5.36. The van der Waals surface area contributed by atoms with E-state index >= 15 is 0 Å². The van der Waals surface area contributed by atoms with Crippen molar-refractivity contribution in [3.63, 3.8) is 0 Å². The van der Waals surface area contributed by atoms with Crippen molar-refractivity contribution >= 4 is 52.1 Å². The molecule has 0 saturated carbocycles. The summed E-state index contributed by atoms with van der Waals surface area (Å²) in [5.74, 6) is 0.514. The monoisotopic (exact) mass is 615 g/mol. The fourth-order valence-corrected chi connectivity index (χ4v) is 6.75. The molecule has 43 heavy (non-hydrogen) atoms. The molecule has 4 aromatic rings. The number of benzene rings is 2. The summed E-state index contributed by atoms with van der Waals surface area (Å²) in [6.07, 6.45) is 0.745. The second-order valence-electron chi connectivity index (χ2n) is 10.7. The standard InChI is InChI=1S/C31H30ClN7O3S/c1-16-17(2)43-31-27(16)28(19-8-10-21(32)11-9-19)35-24(29-38-37-18(3)39(29)31)14-26(41)33-15-20-6-4-5-7-22(20)34-23-12-13-25(40)36-30(23)42/h4-11,23-24,34H,12-15H2,1-3H3,(H,33,41)(H,36,40,42)/t23?,24-/m0/s1. The number of fused-ring (bicyclic) bond motifs is 3. The van der Waals surface area contributed by atoms with E-state index in [1.807, 2.05) is 60.0 Å². The number of rotatable bonds is 7. The van der Waals surface area contributed by atoms with Crippen molar-refractivity contribution in [2.45, 2.75) is 58.7 Å². The minimum atomic E-state index is -0.581. The van der Waals surface area contributed by atoms with Gasteiger partial charge in [0.05, 0.1) is 12.1 Å². The van der Waals surface area contributed by atoms with E-state index < -0.39 is 12.1 Å². The number of imide groups is 1. The Morgan fingerprint density at radius 2 is 1.86 bits per heavy atom. The van der Waals surface area contributed by atoms with Gasteiger partial charge in [-0.3, -0.25) is 29.3 Å². The van der Waals surface area contributed by atoms with Crippen LogP contribution in [0.5, 0.6) is 0 Å². The van der Waals surface area contributed by atoms with Crippen LogP contribution in [-0.2, 0) is 20.9 Å². The molecule has 12 heteroatoms. The van der Waals surface area contributed by atoms with Gasteiger partial charge in [0, 0.05) is 39.7 Å². The second kappa shape index (κ2) is 11.7. The molecule has 1 fully saturated rings. The van der Waals surface area contributed by atoms with E-state index in [0.29, 0.717) is 17.3 Å². The number of carbonyl (C=O) groups is 3. The van der Waals surface area contributed by atoms with Crippen molar-refractivity contribution in [2.75, 3.05) is 5.32 Å². The summed E-state index contributed by atoms with van der Waals surface area (Å²) >= 11 is 7.86. The summed E-state index contributed by atoms with van der Waals surface area (Å²) in [6.45, 7) is 6.32. The van der Waals surface area contributed by atoms with E-state index in [1.54, 1.807) is 11.3 Å². The van der Waals surface area contributed by atoms with Gasteiger partial charge in [0.1, 0.15) is 22.9 Å². The fraction of sp³-hybridized carbons (Fsp3) is 0.290. The van der Waals surface area contributed by atoms with Crippen LogP contribution in [0, 0.1) is 20.8 Å². The van der Waals surface area contributed by atoms with Gasteiger partial charge in [-0.2, -0.15) is 0 Å². The third-order valence-corrected chi connectivity index (χ3v) is 9.24. The molecule has 10 nitrogen and oxygen atoms in total. The van der Waals surface area contributed by atoms with Gasteiger partial charge in [-0.1, -0.05) is 41.9 Å². The molecule has 0 bridgehead atoms. The molecule has 0 spiro atoms. The van der Waals surface area contributed by atoms with Crippen LogP contribution in [0.3, 0.4) is 0 Å². The normalized spacial score (nSPS) is 17.8. The Morgan fingerprint density at radius 1 is 1.09 bits per heavy atom. The quantitative estimate of drug-likeness (QED) is 0.258. The van der Waals surface area contributed by atoms with Crippen LogP contribution in [-0.4, -0.2) is 44.2 Å². The van der Waals surface area contributed by atoms with Crippen LogP contribution in [0.2, 0.25) is 5.02 Å². The Bertz CT molecular complexity index is 1780. The fourth-order valence-electron chi connectivity index (χ4n) is 5.41. The maximum Gasteiger partial charge on any atom is 0.249 e. The molecule has 2 atom stereocenters. The topological polar surface area (TPSA) is 130 Å². The molecule has 2 aliphatic rings. The predicted octanol–water partition coefficient (Wildman–Crippen LogP) is 4.72. The maximum absolute atomic E-state index is 13.4. The molecular weight excluding hydrogens is 586 g/mol. The van der Waals surface area contributed by atoms with Gasteiger partial charge in [0.2, 0.25) is 17.7 Å². The van der Waals surface area contributed by atoms with Gasteiger partial charge in [-0.05, 0) is 56.5 Å². The number of para-hydroxylation sites is 1. The number of nitrogens with zero attached hydrogens (tertiary/aromatic N) is 4.